The van der Waals surface area contributed by atoms with Gasteiger partial charge in [-0.1, -0.05) is 11.6 Å². The molecule has 1 aliphatic carbocycles. The summed E-state index contributed by atoms with van der Waals surface area (Å²) in [5.41, 5.74) is 1.69. The fraction of sp³-hybridized carbons (Fsp3) is 0.421. The SMILES string of the molecule is CN(C)c1ncc(/C=C2\C(=O)NC(=O)N(CCC3=CCCCC3)C2=O)cn1. The second-order valence-electron chi connectivity index (χ2n) is 6.84. The Balaban J connectivity index is 1.76. The van der Waals surface area contributed by atoms with Gasteiger partial charge in [-0.25, -0.2) is 14.8 Å². The summed E-state index contributed by atoms with van der Waals surface area (Å²) in [5.74, 6) is -0.763. The Kier molecular flexibility index (Phi) is 5.63. The number of amides is 4. The van der Waals surface area contributed by atoms with E-state index in [-0.39, 0.29) is 12.1 Å². The number of carbonyl (C=O) groups is 3. The number of nitrogens with zero attached hydrogens (tertiary/aromatic N) is 4. The van der Waals surface area contributed by atoms with E-state index < -0.39 is 17.8 Å². The van der Waals surface area contributed by atoms with Crippen molar-refractivity contribution in [2.45, 2.75) is 32.1 Å². The van der Waals surface area contributed by atoms with Gasteiger partial charge >= 0.3 is 6.03 Å². The molecule has 8 nitrogen and oxygen atoms in total. The van der Waals surface area contributed by atoms with Gasteiger partial charge in [0.15, 0.2) is 0 Å². The van der Waals surface area contributed by atoms with Crippen molar-refractivity contribution in [1.29, 1.82) is 0 Å². The number of imide groups is 2. The lowest BCUT2D eigenvalue weighted by molar-refractivity contribution is -0.130. The fourth-order valence-corrected chi connectivity index (χ4v) is 3.09. The topological polar surface area (TPSA) is 95.5 Å². The van der Waals surface area contributed by atoms with Gasteiger partial charge in [-0.3, -0.25) is 19.8 Å². The largest absolute Gasteiger partial charge is 0.347 e. The summed E-state index contributed by atoms with van der Waals surface area (Å²) in [4.78, 5) is 48.1. The van der Waals surface area contributed by atoms with Gasteiger partial charge in [0.25, 0.3) is 11.8 Å². The van der Waals surface area contributed by atoms with E-state index >= 15 is 0 Å². The molecule has 0 spiro atoms. The monoisotopic (exact) mass is 369 g/mol. The number of nitrogens with one attached hydrogen (secondary N) is 1. The maximum absolute atomic E-state index is 12.7. The van der Waals surface area contributed by atoms with E-state index in [0.717, 1.165) is 24.2 Å². The van der Waals surface area contributed by atoms with Crippen LogP contribution in [-0.4, -0.2) is 53.4 Å². The minimum atomic E-state index is -0.699. The first-order valence-electron chi connectivity index (χ1n) is 9.02. The third kappa shape index (κ3) is 4.39. The summed E-state index contributed by atoms with van der Waals surface area (Å²) < 4.78 is 0. The molecule has 1 aliphatic heterocycles. The first-order chi connectivity index (χ1) is 13.0. The Morgan fingerprint density at radius 2 is 1.93 bits per heavy atom. The van der Waals surface area contributed by atoms with Crippen molar-refractivity contribution in [1.82, 2.24) is 20.2 Å². The van der Waals surface area contributed by atoms with E-state index in [1.807, 2.05) is 14.1 Å². The van der Waals surface area contributed by atoms with Crippen LogP contribution in [0.1, 0.15) is 37.7 Å². The van der Waals surface area contributed by atoms with Crippen LogP contribution in [0.25, 0.3) is 6.08 Å². The summed E-state index contributed by atoms with van der Waals surface area (Å²) in [6.07, 6.45) is 11.7. The molecule has 27 heavy (non-hydrogen) atoms. The zero-order valence-electron chi connectivity index (χ0n) is 15.6. The summed E-state index contributed by atoms with van der Waals surface area (Å²) in [6, 6.07) is -0.669. The number of hydrogen-bond donors (Lipinski definition) is 1. The van der Waals surface area contributed by atoms with Gasteiger partial charge in [-0.2, -0.15) is 0 Å². The van der Waals surface area contributed by atoms with Gasteiger partial charge in [0.05, 0.1) is 0 Å². The lowest BCUT2D eigenvalue weighted by Gasteiger charge is -2.27. The standard InChI is InChI=1S/C19H23N5O3/c1-23(2)18-20-11-14(12-21-18)10-15-16(25)22-19(27)24(17(15)26)9-8-13-6-4-3-5-7-13/h6,10-12H,3-5,7-9H2,1-2H3,(H,22,25,27)/b15-10+. The van der Waals surface area contributed by atoms with Crippen LogP contribution in [0.5, 0.6) is 0 Å². The van der Waals surface area contributed by atoms with Crippen LogP contribution >= 0.6 is 0 Å². The first-order valence-corrected chi connectivity index (χ1v) is 9.02. The normalized spacial score (nSPS) is 19.2. The molecule has 3 rings (SSSR count). The highest BCUT2D eigenvalue weighted by molar-refractivity contribution is 6.30. The van der Waals surface area contributed by atoms with Crippen LogP contribution in [0.4, 0.5) is 10.7 Å². The van der Waals surface area contributed by atoms with Crippen molar-refractivity contribution in [2.75, 3.05) is 25.5 Å². The van der Waals surface area contributed by atoms with E-state index in [9.17, 15) is 14.4 Å². The van der Waals surface area contributed by atoms with Crippen molar-refractivity contribution >= 4 is 29.9 Å². The fourth-order valence-electron chi connectivity index (χ4n) is 3.09. The van der Waals surface area contributed by atoms with Crippen molar-refractivity contribution in [3.05, 3.63) is 35.2 Å². The molecule has 2 heterocycles. The van der Waals surface area contributed by atoms with Gasteiger partial charge in [0.2, 0.25) is 5.95 Å². The number of barbiturate groups is 1. The van der Waals surface area contributed by atoms with E-state index in [0.29, 0.717) is 17.9 Å². The molecule has 0 aromatic carbocycles. The van der Waals surface area contributed by atoms with Crippen LogP contribution in [0, 0.1) is 0 Å². The van der Waals surface area contributed by atoms with E-state index in [2.05, 4.69) is 21.4 Å². The van der Waals surface area contributed by atoms with Crippen molar-refractivity contribution in [3.63, 3.8) is 0 Å². The molecule has 4 amide bonds. The highest BCUT2D eigenvalue weighted by Crippen LogP contribution is 2.22. The third-order valence-electron chi connectivity index (χ3n) is 4.60. The summed E-state index contributed by atoms with van der Waals surface area (Å²) in [5, 5.41) is 2.24. The molecule has 1 fully saturated rings. The number of carbonyl (C=O) groups excluding carboxylic acids is 3. The van der Waals surface area contributed by atoms with Gasteiger partial charge in [0, 0.05) is 38.6 Å². The number of aromatic nitrogens is 2. The Morgan fingerprint density at radius 1 is 1.19 bits per heavy atom. The Morgan fingerprint density at radius 3 is 2.56 bits per heavy atom. The van der Waals surface area contributed by atoms with E-state index in [1.165, 1.54) is 30.5 Å². The number of anilines is 1. The van der Waals surface area contributed by atoms with Crippen LogP contribution in [-0.2, 0) is 9.59 Å². The quantitative estimate of drug-likeness (QED) is 0.484. The maximum atomic E-state index is 12.7. The summed E-state index contributed by atoms with van der Waals surface area (Å²) in [7, 11) is 3.63. The van der Waals surface area contributed by atoms with Crippen LogP contribution in [0.15, 0.2) is 29.6 Å². The number of rotatable bonds is 5. The molecule has 0 radical (unpaired) electrons. The van der Waals surface area contributed by atoms with Crippen molar-refractivity contribution in [2.24, 2.45) is 0 Å². The average molecular weight is 369 g/mol. The maximum Gasteiger partial charge on any atom is 0.331 e. The average Bonchev–Trinajstić information content (AvgIpc) is 2.66. The summed E-state index contributed by atoms with van der Waals surface area (Å²) >= 11 is 0. The number of allylic oxidation sites excluding steroid dienone is 1. The molecule has 1 N–H and O–H groups in total. The zero-order chi connectivity index (χ0) is 19.4. The van der Waals surface area contributed by atoms with E-state index in [4.69, 9.17) is 0 Å². The van der Waals surface area contributed by atoms with Gasteiger partial charge in [0.1, 0.15) is 5.57 Å². The van der Waals surface area contributed by atoms with Crippen LogP contribution in [0.2, 0.25) is 0 Å². The molecule has 0 unspecified atom stereocenters. The van der Waals surface area contributed by atoms with Crippen LogP contribution in [0.3, 0.4) is 0 Å². The Bertz CT molecular complexity index is 811. The molecular weight excluding hydrogens is 346 g/mol. The number of urea groups is 1. The Hall–Kier alpha value is -3.03. The molecule has 2 aliphatic rings. The molecule has 1 aromatic heterocycles. The smallest absolute Gasteiger partial charge is 0.331 e. The van der Waals surface area contributed by atoms with Crippen molar-refractivity contribution < 1.29 is 14.4 Å². The predicted octanol–water partition coefficient (Wildman–Crippen LogP) is 1.89. The molecule has 1 aromatic rings. The minimum Gasteiger partial charge on any atom is -0.347 e. The minimum absolute atomic E-state index is 0.0894. The molecule has 1 saturated heterocycles. The van der Waals surface area contributed by atoms with Gasteiger partial charge < -0.3 is 4.90 Å². The van der Waals surface area contributed by atoms with Gasteiger partial charge in [-0.05, 0) is 38.2 Å². The number of hydrogen-bond acceptors (Lipinski definition) is 6. The zero-order valence-corrected chi connectivity index (χ0v) is 15.6. The Labute approximate surface area is 158 Å². The molecular formula is C19H23N5O3. The van der Waals surface area contributed by atoms with E-state index in [1.54, 1.807) is 4.90 Å². The lowest BCUT2D eigenvalue weighted by Crippen LogP contribution is -2.54. The predicted molar refractivity (Wildman–Crippen MR) is 101 cm³/mol. The molecule has 142 valence electrons. The molecule has 0 atom stereocenters. The molecule has 0 bridgehead atoms. The van der Waals surface area contributed by atoms with Crippen LogP contribution < -0.4 is 10.2 Å². The van der Waals surface area contributed by atoms with Crippen molar-refractivity contribution in [3.8, 4) is 0 Å². The summed E-state index contributed by atoms with van der Waals surface area (Å²) in [6.45, 7) is 0.261. The highest BCUT2D eigenvalue weighted by Gasteiger charge is 2.35. The first kappa shape index (κ1) is 18.8. The molecule has 8 heteroatoms. The second-order valence-corrected chi connectivity index (χ2v) is 6.84. The lowest BCUT2D eigenvalue weighted by atomic mass is 9.97. The second kappa shape index (κ2) is 8.11. The molecule has 0 saturated carbocycles. The highest BCUT2D eigenvalue weighted by atomic mass is 16.2. The van der Waals surface area contributed by atoms with Gasteiger partial charge in [-0.15, -0.1) is 0 Å². The third-order valence-corrected chi connectivity index (χ3v) is 4.60.